The van der Waals surface area contributed by atoms with Crippen molar-refractivity contribution in [2.45, 2.75) is 33.2 Å². The summed E-state index contributed by atoms with van der Waals surface area (Å²) < 4.78 is 1.34. The van der Waals surface area contributed by atoms with Crippen LogP contribution < -0.4 is 5.32 Å². The predicted octanol–water partition coefficient (Wildman–Crippen LogP) is 4.79. The third-order valence-corrected chi connectivity index (χ3v) is 4.30. The lowest BCUT2D eigenvalue weighted by Gasteiger charge is -2.08. The lowest BCUT2D eigenvalue weighted by Crippen LogP contribution is -2.12. The van der Waals surface area contributed by atoms with Crippen LogP contribution in [0.1, 0.15) is 37.1 Å². The molecule has 0 aliphatic heterocycles. The third-order valence-electron chi connectivity index (χ3n) is 2.88. The van der Waals surface area contributed by atoms with E-state index >= 15 is 0 Å². The van der Waals surface area contributed by atoms with Gasteiger partial charge in [-0.05, 0) is 41.6 Å². The molecule has 1 aromatic carbocycles. The van der Waals surface area contributed by atoms with Crippen LogP contribution in [-0.4, -0.2) is 6.54 Å². The molecule has 1 nitrogen and oxygen atoms in total. The van der Waals surface area contributed by atoms with Gasteiger partial charge in [-0.25, -0.2) is 0 Å². The summed E-state index contributed by atoms with van der Waals surface area (Å²) >= 11 is 7.98. The van der Waals surface area contributed by atoms with E-state index in [1.807, 2.05) is 17.4 Å². The molecule has 0 saturated heterocycles. The van der Waals surface area contributed by atoms with E-state index in [0.29, 0.717) is 5.92 Å². The fourth-order valence-corrected chi connectivity index (χ4v) is 3.62. The number of rotatable bonds is 4. The maximum atomic E-state index is 6.10. The molecule has 1 aromatic heterocycles. The Morgan fingerprint density at radius 2 is 2.12 bits per heavy atom. The summed E-state index contributed by atoms with van der Waals surface area (Å²) in [6.07, 6.45) is 0. The minimum Gasteiger partial charge on any atom is -0.312 e. The minimum atomic E-state index is 0.538. The highest BCUT2D eigenvalue weighted by Gasteiger charge is 2.14. The summed E-state index contributed by atoms with van der Waals surface area (Å²) in [4.78, 5) is 1.44. The summed E-state index contributed by atoms with van der Waals surface area (Å²) in [5, 5.41) is 5.56. The van der Waals surface area contributed by atoms with Crippen molar-refractivity contribution in [2.24, 2.45) is 0 Å². The van der Waals surface area contributed by atoms with Gasteiger partial charge in [0.25, 0.3) is 0 Å². The number of nitrogens with one attached hydrogen (secondary N) is 1. The number of thiophene rings is 1. The molecule has 0 atom stereocenters. The molecular weight excluding hydrogens is 250 g/mol. The Balaban J connectivity index is 2.54. The molecule has 0 aliphatic carbocycles. The number of benzene rings is 1. The molecule has 0 aliphatic rings. The van der Waals surface area contributed by atoms with Gasteiger partial charge in [0.05, 0.1) is 0 Å². The van der Waals surface area contributed by atoms with Gasteiger partial charge in [0.1, 0.15) is 0 Å². The molecule has 1 heterocycles. The first-order valence-corrected chi connectivity index (χ1v) is 7.24. The van der Waals surface area contributed by atoms with Gasteiger partial charge >= 0.3 is 0 Å². The normalized spacial score (nSPS) is 11.6. The van der Waals surface area contributed by atoms with E-state index in [1.54, 1.807) is 0 Å². The molecule has 2 rings (SSSR count). The summed E-state index contributed by atoms with van der Waals surface area (Å²) in [5.74, 6) is 0.538. The molecule has 0 spiro atoms. The molecular formula is C14H18ClNS. The monoisotopic (exact) mass is 267 g/mol. The topological polar surface area (TPSA) is 12.0 Å². The van der Waals surface area contributed by atoms with E-state index in [1.165, 1.54) is 20.5 Å². The van der Waals surface area contributed by atoms with Crippen LogP contribution >= 0.6 is 22.9 Å². The van der Waals surface area contributed by atoms with Gasteiger partial charge < -0.3 is 5.32 Å². The Morgan fingerprint density at radius 1 is 1.35 bits per heavy atom. The van der Waals surface area contributed by atoms with Crippen molar-refractivity contribution < 1.29 is 0 Å². The number of hydrogen-bond donors (Lipinski definition) is 1. The Morgan fingerprint density at radius 3 is 2.76 bits per heavy atom. The highest BCUT2D eigenvalue weighted by atomic mass is 35.5. The van der Waals surface area contributed by atoms with Gasteiger partial charge in [0.2, 0.25) is 0 Å². The molecule has 3 heteroatoms. The molecule has 1 N–H and O–H groups in total. The van der Waals surface area contributed by atoms with Gasteiger partial charge in [-0.1, -0.05) is 32.4 Å². The zero-order valence-corrected chi connectivity index (χ0v) is 12.1. The van der Waals surface area contributed by atoms with E-state index in [9.17, 15) is 0 Å². The van der Waals surface area contributed by atoms with E-state index in [-0.39, 0.29) is 0 Å². The van der Waals surface area contributed by atoms with Crippen LogP contribution in [0, 0.1) is 0 Å². The molecule has 0 fully saturated rings. The molecule has 0 amide bonds. The molecule has 2 aromatic rings. The molecule has 0 unspecified atom stereocenters. The quantitative estimate of drug-likeness (QED) is 0.840. The highest BCUT2D eigenvalue weighted by Crippen LogP contribution is 2.37. The molecule has 17 heavy (non-hydrogen) atoms. The lowest BCUT2D eigenvalue weighted by atomic mass is 9.99. The fraction of sp³-hybridized carbons (Fsp3) is 0.429. The van der Waals surface area contributed by atoms with Gasteiger partial charge in [0.15, 0.2) is 0 Å². The van der Waals surface area contributed by atoms with Gasteiger partial charge in [-0.3, -0.25) is 0 Å². The van der Waals surface area contributed by atoms with Crippen molar-refractivity contribution in [3.63, 3.8) is 0 Å². The average Bonchev–Trinajstić information content (AvgIpc) is 2.63. The van der Waals surface area contributed by atoms with Crippen molar-refractivity contribution in [3.8, 4) is 0 Å². The van der Waals surface area contributed by atoms with E-state index in [0.717, 1.165) is 18.1 Å². The standard InChI is InChI=1S/C14H18ClNS/c1-4-16-8-13-14(9(2)3)11-7-10(15)5-6-12(11)17-13/h5-7,9,16H,4,8H2,1-3H3. The first-order valence-electron chi connectivity index (χ1n) is 6.05. The first kappa shape index (κ1) is 12.9. The summed E-state index contributed by atoms with van der Waals surface area (Å²) in [7, 11) is 0. The van der Waals surface area contributed by atoms with Gasteiger partial charge in [0, 0.05) is 21.1 Å². The summed E-state index contributed by atoms with van der Waals surface area (Å²) in [6.45, 7) is 8.60. The van der Waals surface area contributed by atoms with E-state index in [4.69, 9.17) is 11.6 Å². The zero-order chi connectivity index (χ0) is 12.4. The van der Waals surface area contributed by atoms with E-state index in [2.05, 4.69) is 38.2 Å². The van der Waals surface area contributed by atoms with Crippen LogP contribution in [0.25, 0.3) is 10.1 Å². The number of fused-ring (bicyclic) bond motifs is 1. The molecule has 92 valence electrons. The Kier molecular flexibility index (Phi) is 4.08. The minimum absolute atomic E-state index is 0.538. The van der Waals surface area contributed by atoms with Crippen LogP contribution in [0.3, 0.4) is 0 Å². The summed E-state index contributed by atoms with van der Waals surface area (Å²) in [5.41, 5.74) is 1.45. The SMILES string of the molecule is CCNCc1sc2ccc(Cl)cc2c1C(C)C. The maximum absolute atomic E-state index is 6.10. The van der Waals surface area contributed by atoms with Crippen molar-refractivity contribution in [1.82, 2.24) is 5.32 Å². The fourth-order valence-electron chi connectivity index (χ4n) is 2.14. The lowest BCUT2D eigenvalue weighted by molar-refractivity contribution is 0.723. The van der Waals surface area contributed by atoms with Crippen molar-refractivity contribution in [3.05, 3.63) is 33.7 Å². The zero-order valence-electron chi connectivity index (χ0n) is 10.5. The van der Waals surface area contributed by atoms with Gasteiger partial charge in [-0.15, -0.1) is 11.3 Å². The third kappa shape index (κ3) is 2.65. The van der Waals surface area contributed by atoms with Crippen LogP contribution in [0.15, 0.2) is 18.2 Å². The Hall–Kier alpha value is -0.570. The van der Waals surface area contributed by atoms with Gasteiger partial charge in [-0.2, -0.15) is 0 Å². The van der Waals surface area contributed by atoms with Crippen LogP contribution in [0.4, 0.5) is 0 Å². The molecule has 0 radical (unpaired) electrons. The Bertz CT molecular complexity index is 516. The smallest absolute Gasteiger partial charge is 0.0413 e. The number of hydrogen-bond acceptors (Lipinski definition) is 2. The molecule has 0 bridgehead atoms. The predicted molar refractivity (Wildman–Crippen MR) is 78.3 cm³/mol. The van der Waals surface area contributed by atoms with Crippen molar-refractivity contribution in [2.75, 3.05) is 6.54 Å². The molecule has 0 saturated carbocycles. The second-order valence-corrected chi connectivity index (χ2v) is 6.09. The average molecular weight is 268 g/mol. The second kappa shape index (κ2) is 5.38. The van der Waals surface area contributed by atoms with Crippen LogP contribution in [-0.2, 0) is 6.54 Å². The van der Waals surface area contributed by atoms with Crippen LogP contribution in [0.2, 0.25) is 5.02 Å². The van der Waals surface area contributed by atoms with Crippen molar-refractivity contribution >= 4 is 33.0 Å². The summed E-state index contributed by atoms with van der Waals surface area (Å²) in [6, 6.07) is 6.20. The van der Waals surface area contributed by atoms with Crippen molar-refractivity contribution in [1.29, 1.82) is 0 Å². The number of halogens is 1. The Labute approximate surface area is 112 Å². The first-order chi connectivity index (χ1) is 8.13. The highest BCUT2D eigenvalue weighted by molar-refractivity contribution is 7.19. The second-order valence-electron chi connectivity index (χ2n) is 4.51. The van der Waals surface area contributed by atoms with Crippen LogP contribution in [0.5, 0.6) is 0 Å². The maximum Gasteiger partial charge on any atom is 0.0413 e. The van der Waals surface area contributed by atoms with E-state index < -0.39 is 0 Å². The largest absolute Gasteiger partial charge is 0.312 e.